The van der Waals surface area contributed by atoms with E-state index in [-0.39, 0.29) is 4.90 Å². The van der Waals surface area contributed by atoms with Crippen LogP contribution in [0.3, 0.4) is 0 Å². The van der Waals surface area contributed by atoms with Crippen LogP contribution in [0.4, 0.5) is 0 Å². The van der Waals surface area contributed by atoms with Gasteiger partial charge in [0.25, 0.3) is 0 Å². The van der Waals surface area contributed by atoms with E-state index in [9.17, 15) is 8.42 Å². The molecule has 0 saturated carbocycles. The Balaban J connectivity index is 1.87. The van der Waals surface area contributed by atoms with Gasteiger partial charge in [0.05, 0.1) is 37.0 Å². The van der Waals surface area contributed by atoms with E-state index < -0.39 is 16.1 Å². The second-order valence-corrected chi connectivity index (χ2v) is 9.09. The Morgan fingerprint density at radius 3 is 2.52 bits per heavy atom. The molecule has 3 aromatic rings. The maximum atomic E-state index is 13.8. The Morgan fingerprint density at radius 1 is 1.14 bits per heavy atom. The van der Waals surface area contributed by atoms with Gasteiger partial charge in [0.15, 0.2) is 0 Å². The Hall–Kier alpha value is -2.42. The standard InChI is InChI=1S/C21H25N3O4S/c1-14-21(15(2)23(3)22-14)18-13-28-12-11-24(18)29(25,26)20-10-9-19(27-4)16-7-5-6-8-17(16)20/h5-10,18H,11-13H2,1-4H3/t18-/m0/s1. The molecule has 29 heavy (non-hydrogen) atoms. The van der Waals surface area contributed by atoms with E-state index in [1.807, 2.05) is 45.2 Å². The molecule has 1 aliphatic rings. The summed E-state index contributed by atoms with van der Waals surface area (Å²) in [6.45, 7) is 4.83. The fourth-order valence-electron chi connectivity index (χ4n) is 4.15. The van der Waals surface area contributed by atoms with Crippen LogP contribution in [0.1, 0.15) is 23.0 Å². The minimum absolute atomic E-state index is 0.278. The second kappa shape index (κ2) is 7.44. The van der Waals surface area contributed by atoms with Crippen molar-refractivity contribution in [1.82, 2.24) is 14.1 Å². The third-order valence-electron chi connectivity index (χ3n) is 5.63. The molecule has 0 unspecified atom stereocenters. The summed E-state index contributed by atoms with van der Waals surface area (Å²) in [7, 11) is -0.323. The Kier molecular flexibility index (Phi) is 5.10. The molecule has 2 aromatic carbocycles. The van der Waals surface area contributed by atoms with Crippen LogP contribution in [-0.2, 0) is 21.8 Å². The molecular formula is C21H25N3O4S. The van der Waals surface area contributed by atoms with E-state index in [1.165, 1.54) is 0 Å². The fraction of sp³-hybridized carbons (Fsp3) is 0.381. The summed E-state index contributed by atoms with van der Waals surface area (Å²) >= 11 is 0. The molecule has 1 atom stereocenters. The molecule has 1 aliphatic heterocycles. The van der Waals surface area contributed by atoms with E-state index in [2.05, 4.69) is 5.10 Å². The summed E-state index contributed by atoms with van der Waals surface area (Å²) in [6, 6.07) is 10.3. The summed E-state index contributed by atoms with van der Waals surface area (Å²) in [5.41, 5.74) is 2.67. The minimum Gasteiger partial charge on any atom is -0.496 e. The molecule has 0 amide bonds. The van der Waals surface area contributed by atoms with Crippen LogP contribution in [0, 0.1) is 13.8 Å². The van der Waals surface area contributed by atoms with Gasteiger partial charge in [-0.05, 0) is 26.0 Å². The maximum absolute atomic E-state index is 13.8. The molecule has 0 N–H and O–H groups in total. The first-order valence-electron chi connectivity index (χ1n) is 9.51. The summed E-state index contributed by atoms with van der Waals surface area (Å²) < 4.78 is 42.1. The van der Waals surface area contributed by atoms with Gasteiger partial charge in [-0.15, -0.1) is 0 Å². The van der Waals surface area contributed by atoms with E-state index in [4.69, 9.17) is 9.47 Å². The predicted octanol–water partition coefficient (Wildman–Crippen LogP) is 2.96. The van der Waals surface area contributed by atoms with Crippen LogP contribution in [0.2, 0.25) is 0 Å². The number of hydrogen-bond donors (Lipinski definition) is 0. The fourth-order valence-corrected chi connectivity index (χ4v) is 5.91. The Morgan fingerprint density at radius 2 is 1.86 bits per heavy atom. The summed E-state index contributed by atoms with van der Waals surface area (Å²) in [4.78, 5) is 0.278. The third-order valence-corrected chi connectivity index (χ3v) is 7.59. The van der Waals surface area contributed by atoms with Gasteiger partial charge in [0, 0.05) is 35.6 Å². The van der Waals surface area contributed by atoms with Gasteiger partial charge in [-0.3, -0.25) is 4.68 Å². The van der Waals surface area contributed by atoms with Gasteiger partial charge in [-0.2, -0.15) is 9.40 Å². The van der Waals surface area contributed by atoms with Gasteiger partial charge in [-0.1, -0.05) is 24.3 Å². The maximum Gasteiger partial charge on any atom is 0.244 e. The number of benzene rings is 2. The number of fused-ring (bicyclic) bond motifs is 1. The number of morpholine rings is 1. The zero-order chi connectivity index (χ0) is 20.8. The highest BCUT2D eigenvalue weighted by Crippen LogP contribution is 2.37. The summed E-state index contributed by atoms with van der Waals surface area (Å²) in [6.07, 6.45) is 0. The topological polar surface area (TPSA) is 73.7 Å². The molecule has 154 valence electrons. The molecule has 0 spiro atoms. The summed E-state index contributed by atoms with van der Waals surface area (Å²) in [5.74, 6) is 0.650. The number of sulfonamides is 1. The quantitative estimate of drug-likeness (QED) is 0.655. The van der Waals surface area contributed by atoms with Crippen molar-refractivity contribution in [3.8, 4) is 5.75 Å². The normalized spacial score (nSPS) is 18.3. The first kappa shape index (κ1) is 19.9. The van der Waals surface area contributed by atoms with Gasteiger partial charge >= 0.3 is 0 Å². The highest BCUT2D eigenvalue weighted by atomic mass is 32.2. The molecule has 1 fully saturated rings. The highest BCUT2D eigenvalue weighted by Gasteiger charge is 2.38. The van der Waals surface area contributed by atoms with Crippen molar-refractivity contribution in [2.24, 2.45) is 7.05 Å². The molecule has 7 nitrogen and oxygen atoms in total. The molecule has 1 aromatic heterocycles. The number of aromatic nitrogens is 2. The first-order valence-corrected chi connectivity index (χ1v) is 11.0. The van der Waals surface area contributed by atoms with Gasteiger partial charge in [0.1, 0.15) is 5.75 Å². The summed E-state index contributed by atoms with van der Waals surface area (Å²) in [5, 5.41) is 5.89. The van der Waals surface area contributed by atoms with Crippen molar-refractivity contribution in [1.29, 1.82) is 0 Å². The third kappa shape index (κ3) is 3.21. The molecule has 0 bridgehead atoms. The van der Waals surface area contributed by atoms with Crippen molar-refractivity contribution in [3.05, 3.63) is 53.3 Å². The van der Waals surface area contributed by atoms with E-state index in [0.717, 1.165) is 22.3 Å². The van der Waals surface area contributed by atoms with Crippen LogP contribution >= 0.6 is 0 Å². The zero-order valence-electron chi connectivity index (χ0n) is 17.0. The van der Waals surface area contributed by atoms with Crippen molar-refractivity contribution in [2.75, 3.05) is 26.9 Å². The molecule has 0 aliphatic carbocycles. The molecule has 1 saturated heterocycles. The van der Waals surface area contributed by atoms with Crippen molar-refractivity contribution in [2.45, 2.75) is 24.8 Å². The first-order chi connectivity index (χ1) is 13.9. The molecule has 2 heterocycles. The molecule has 4 rings (SSSR count). The average Bonchev–Trinajstić information content (AvgIpc) is 2.98. The second-order valence-electron chi connectivity index (χ2n) is 7.23. The number of aryl methyl sites for hydroxylation is 2. The van der Waals surface area contributed by atoms with Gasteiger partial charge < -0.3 is 9.47 Å². The molecular weight excluding hydrogens is 390 g/mol. The number of ether oxygens (including phenoxy) is 2. The number of methoxy groups -OCH3 is 1. The largest absolute Gasteiger partial charge is 0.496 e. The smallest absolute Gasteiger partial charge is 0.244 e. The number of nitrogens with zero attached hydrogens (tertiary/aromatic N) is 3. The number of rotatable bonds is 4. The minimum atomic E-state index is -3.77. The van der Waals surface area contributed by atoms with Crippen LogP contribution in [-0.4, -0.2) is 49.4 Å². The lowest BCUT2D eigenvalue weighted by Gasteiger charge is -2.35. The predicted molar refractivity (Wildman–Crippen MR) is 111 cm³/mol. The van der Waals surface area contributed by atoms with Gasteiger partial charge in [0.2, 0.25) is 10.0 Å². The monoisotopic (exact) mass is 415 g/mol. The molecule has 8 heteroatoms. The van der Waals surface area contributed by atoms with Crippen LogP contribution in [0.5, 0.6) is 5.75 Å². The Bertz CT molecular complexity index is 1170. The highest BCUT2D eigenvalue weighted by molar-refractivity contribution is 7.89. The van der Waals surface area contributed by atoms with Crippen LogP contribution in [0.15, 0.2) is 41.3 Å². The van der Waals surface area contributed by atoms with Crippen molar-refractivity contribution < 1.29 is 17.9 Å². The van der Waals surface area contributed by atoms with E-state index in [1.54, 1.807) is 28.2 Å². The Labute approximate surface area is 170 Å². The molecule has 0 radical (unpaired) electrons. The van der Waals surface area contributed by atoms with Crippen molar-refractivity contribution in [3.63, 3.8) is 0 Å². The number of hydrogen-bond acceptors (Lipinski definition) is 5. The lowest BCUT2D eigenvalue weighted by Crippen LogP contribution is -2.43. The SMILES string of the molecule is COc1ccc(S(=O)(=O)N2CCOC[C@H]2c2c(C)nn(C)c2C)c2ccccc12. The van der Waals surface area contributed by atoms with E-state index >= 15 is 0 Å². The zero-order valence-corrected chi connectivity index (χ0v) is 17.9. The lowest BCUT2D eigenvalue weighted by atomic mass is 10.0. The van der Waals surface area contributed by atoms with Gasteiger partial charge in [-0.25, -0.2) is 8.42 Å². The lowest BCUT2D eigenvalue weighted by molar-refractivity contribution is 0.0316. The van der Waals surface area contributed by atoms with Crippen LogP contribution < -0.4 is 4.74 Å². The van der Waals surface area contributed by atoms with E-state index in [0.29, 0.717) is 30.9 Å². The van der Waals surface area contributed by atoms with Crippen LogP contribution in [0.25, 0.3) is 10.8 Å². The average molecular weight is 416 g/mol. The van der Waals surface area contributed by atoms with Crippen molar-refractivity contribution >= 4 is 20.8 Å².